The fraction of sp³-hybridized carbons (Fsp3) is 0.750. The van der Waals surface area contributed by atoms with Crippen molar-refractivity contribution >= 4 is 5.91 Å². The molecule has 0 bridgehead atoms. The monoisotopic (exact) mass is 295 g/mol. The van der Waals surface area contributed by atoms with Crippen LogP contribution in [0.5, 0.6) is 0 Å². The van der Waals surface area contributed by atoms with Gasteiger partial charge in [-0.25, -0.2) is 4.98 Å². The molecule has 1 atom stereocenters. The van der Waals surface area contributed by atoms with E-state index in [4.69, 9.17) is 0 Å². The van der Waals surface area contributed by atoms with Crippen molar-refractivity contribution in [2.45, 2.75) is 65.0 Å². The van der Waals surface area contributed by atoms with Crippen LogP contribution in [0.4, 0.5) is 0 Å². The van der Waals surface area contributed by atoms with E-state index < -0.39 is 0 Å². The second-order valence-electron chi connectivity index (χ2n) is 5.44. The van der Waals surface area contributed by atoms with Crippen LogP contribution in [0.1, 0.15) is 58.9 Å². The summed E-state index contributed by atoms with van der Waals surface area (Å²) in [6, 6.07) is 0.371. The Bertz CT molecular complexity index is 388. The zero-order valence-corrected chi connectivity index (χ0v) is 13.5. The molecule has 1 heterocycles. The average Bonchev–Trinajstić information content (AvgIpc) is 3.01. The highest BCUT2D eigenvalue weighted by Crippen LogP contribution is 2.21. The minimum absolute atomic E-state index is 0.0196. The van der Waals surface area contributed by atoms with Crippen LogP contribution < -0.4 is 0 Å². The Kier molecular flexibility index (Phi) is 8.05. The van der Waals surface area contributed by atoms with Gasteiger partial charge < -0.3 is 14.6 Å². The predicted octanol–water partition coefficient (Wildman–Crippen LogP) is 2.62. The number of carbonyl (C=O) groups is 1. The Hall–Kier alpha value is -1.36. The van der Waals surface area contributed by atoms with Crippen LogP contribution in [0.3, 0.4) is 0 Å². The van der Waals surface area contributed by atoms with Crippen molar-refractivity contribution in [3.63, 3.8) is 0 Å². The molecule has 1 unspecified atom stereocenters. The lowest BCUT2D eigenvalue weighted by atomic mass is 10.0. The molecule has 1 amide bonds. The third-order valence-electron chi connectivity index (χ3n) is 4.02. The van der Waals surface area contributed by atoms with Gasteiger partial charge in [-0.1, -0.05) is 27.2 Å². The van der Waals surface area contributed by atoms with Crippen molar-refractivity contribution in [3.05, 3.63) is 18.7 Å². The molecule has 1 aromatic heterocycles. The quantitative estimate of drug-likeness (QED) is 0.722. The molecule has 1 rings (SSSR count). The molecular weight excluding hydrogens is 266 g/mol. The zero-order valence-electron chi connectivity index (χ0n) is 13.5. The van der Waals surface area contributed by atoms with Gasteiger partial charge >= 0.3 is 0 Å². The maximum atomic E-state index is 12.7. The molecule has 0 aliphatic carbocycles. The number of aliphatic hydroxyl groups excluding tert-OH is 1. The van der Waals surface area contributed by atoms with Gasteiger partial charge in [0, 0.05) is 37.4 Å². The van der Waals surface area contributed by atoms with E-state index in [1.807, 2.05) is 15.7 Å². The minimum Gasteiger partial charge on any atom is -0.395 e. The number of amides is 1. The highest BCUT2D eigenvalue weighted by atomic mass is 16.3. The average molecular weight is 295 g/mol. The van der Waals surface area contributed by atoms with E-state index in [2.05, 4.69) is 25.8 Å². The lowest BCUT2D eigenvalue weighted by molar-refractivity contribution is -0.135. The fourth-order valence-electron chi connectivity index (χ4n) is 2.84. The summed E-state index contributed by atoms with van der Waals surface area (Å²) in [6.07, 6.45) is 9.75. The first-order valence-corrected chi connectivity index (χ1v) is 8.05. The van der Waals surface area contributed by atoms with E-state index in [9.17, 15) is 9.90 Å². The summed E-state index contributed by atoms with van der Waals surface area (Å²) in [5.74, 6) is 0.130. The normalized spacial score (nSPS) is 12.6. The van der Waals surface area contributed by atoms with Crippen molar-refractivity contribution < 1.29 is 9.90 Å². The number of nitrogens with zero attached hydrogens (tertiary/aromatic N) is 3. The molecule has 0 aromatic carbocycles. The van der Waals surface area contributed by atoms with Crippen LogP contribution in [0, 0.1) is 0 Å². The summed E-state index contributed by atoms with van der Waals surface area (Å²) < 4.78 is 2.02. The van der Waals surface area contributed by atoms with E-state index in [1.54, 1.807) is 12.5 Å². The maximum absolute atomic E-state index is 12.7. The summed E-state index contributed by atoms with van der Waals surface area (Å²) in [5.41, 5.74) is 0. The van der Waals surface area contributed by atoms with Gasteiger partial charge in [0.05, 0.1) is 12.9 Å². The van der Waals surface area contributed by atoms with Gasteiger partial charge in [-0.05, 0) is 19.3 Å². The first kappa shape index (κ1) is 17.7. The van der Waals surface area contributed by atoms with Crippen molar-refractivity contribution in [3.8, 4) is 0 Å². The van der Waals surface area contributed by atoms with Crippen LogP contribution in [-0.4, -0.2) is 44.7 Å². The molecular formula is C16H29N3O2. The number of hydrogen-bond acceptors (Lipinski definition) is 3. The van der Waals surface area contributed by atoms with Gasteiger partial charge in [0.1, 0.15) is 0 Å². The molecule has 0 aliphatic heterocycles. The van der Waals surface area contributed by atoms with Gasteiger partial charge in [-0.2, -0.15) is 0 Å². The first-order valence-electron chi connectivity index (χ1n) is 8.05. The SMILES string of the molecule is CCCC(CC(=O)N(CCO)C(CC)CC)n1ccnc1. The number of carbonyl (C=O) groups excluding carboxylic acids is 1. The van der Waals surface area contributed by atoms with E-state index in [0.29, 0.717) is 13.0 Å². The minimum atomic E-state index is 0.0196. The highest BCUT2D eigenvalue weighted by Gasteiger charge is 2.23. The maximum Gasteiger partial charge on any atom is 0.224 e. The molecule has 0 saturated carbocycles. The number of hydrogen-bond donors (Lipinski definition) is 1. The molecule has 21 heavy (non-hydrogen) atoms. The Morgan fingerprint density at radius 2 is 2.05 bits per heavy atom. The van der Waals surface area contributed by atoms with Gasteiger partial charge in [-0.3, -0.25) is 4.79 Å². The first-order chi connectivity index (χ1) is 10.2. The van der Waals surface area contributed by atoms with Crippen molar-refractivity contribution in [2.75, 3.05) is 13.2 Å². The molecule has 0 spiro atoms. The summed E-state index contributed by atoms with van der Waals surface area (Å²) in [7, 11) is 0. The van der Waals surface area contributed by atoms with E-state index in [0.717, 1.165) is 25.7 Å². The van der Waals surface area contributed by atoms with Crippen molar-refractivity contribution in [1.29, 1.82) is 0 Å². The summed E-state index contributed by atoms with van der Waals surface area (Å²) in [5, 5.41) is 9.24. The Morgan fingerprint density at radius 3 is 2.52 bits per heavy atom. The Labute approximate surface area is 128 Å². The molecule has 120 valence electrons. The lowest BCUT2D eigenvalue weighted by Gasteiger charge is -2.31. The molecule has 0 aliphatic rings. The van der Waals surface area contributed by atoms with Crippen LogP contribution in [0.2, 0.25) is 0 Å². The number of aliphatic hydroxyl groups is 1. The number of rotatable bonds is 10. The van der Waals surface area contributed by atoms with E-state index in [-0.39, 0.29) is 24.6 Å². The van der Waals surface area contributed by atoms with Crippen molar-refractivity contribution in [1.82, 2.24) is 14.5 Å². The van der Waals surface area contributed by atoms with Crippen molar-refractivity contribution in [2.24, 2.45) is 0 Å². The van der Waals surface area contributed by atoms with Gasteiger partial charge in [-0.15, -0.1) is 0 Å². The summed E-state index contributed by atoms with van der Waals surface area (Å²) in [4.78, 5) is 18.6. The second kappa shape index (κ2) is 9.55. The molecule has 0 fully saturated rings. The summed E-state index contributed by atoms with van der Waals surface area (Å²) in [6.45, 7) is 6.75. The smallest absolute Gasteiger partial charge is 0.224 e. The van der Waals surface area contributed by atoms with Crippen LogP contribution >= 0.6 is 0 Å². The molecule has 1 N–H and O–H groups in total. The van der Waals surface area contributed by atoms with Gasteiger partial charge in [0.15, 0.2) is 0 Å². The molecule has 0 radical (unpaired) electrons. The zero-order chi connectivity index (χ0) is 15.7. The van der Waals surface area contributed by atoms with Crippen LogP contribution in [0.25, 0.3) is 0 Å². The van der Waals surface area contributed by atoms with Gasteiger partial charge in [0.2, 0.25) is 5.91 Å². The topological polar surface area (TPSA) is 58.4 Å². The fourth-order valence-corrected chi connectivity index (χ4v) is 2.84. The second-order valence-corrected chi connectivity index (χ2v) is 5.44. The van der Waals surface area contributed by atoms with E-state index >= 15 is 0 Å². The molecule has 5 heteroatoms. The number of imidazole rings is 1. The van der Waals surface area contributed by atoms with Crippen LogP contribution in [0.15, 0.2) is 18.7 Å². The molecule has 5 nitrogen and oxygen atoms in total. The standard InChI is InChI=1S/C16H29N3O2/c1-4-7-15(18-9-8-17-13-18)12-16(21)19(10-11-20)14(5-2)6-3/h8-9,13-15,20H,4-7,10-12H2,1-3H3. The molecule has 0 saturated heterocycles. The number of aromatic nitrogens is 2. The van der Waals surface area contributed by atoms with E-state index in [1.165, 1.54) is 0 Å². The highest BCUT2D eigenvalue weighted by molar-refractivity contribution is 5.77. The Balaban J connectivity index is 2.77. The third kappa shape index (κ3) is 5.16. The Morgan fingerprint density at radius 1 is 1.33 bits per heavy atom. The summed E-state index contributed by atoms with van der Waals surface area (Å²) >= 11 is 0. The largest absolute Gasteiger partial charge is 0.395 e. The predicted molar refractivity (Wildman–Crippen MR) is 84.0 cm³/mol. The van der Waals surface area contributed by atoms with Crippen LogP contribution in [-0.2, 0) is 4.79 Å². The van der Waals surface area contributed by atoms with Gasteiger partial charge in [0.25, 0.3) is 0 Å². The molecule has 1 aromatic rings. The third-order valence-corrected chi connectivity index (χ3v) is 4.02. The lowest BCUT2D eigenvalue weighted by Crippen LogP contribution is -2.42.